The van der Waals surface area contributed by atoms with Crippen LogP contribution in [0.25, 0.3) is 0 Å². The fourth-order valence-electron chi connectivity index (χ4n) is 2.62. The van der Waals surface area contributed by atoms with Gasteiger partial charge in [0.25, 0.3) is 5.91 Å². The zero-order valence-electron chi connectivity index (χ0n) is 10.7. The number of hydrogen-bond donors (Lipinski definition) is 2. The van der Waals surface area contributed by atoms with Crippen LogP contribution in [0.1, 0.15) is 36.0 Å². The zero-order valence-corrected chi connectivity index (χ0v) is 12.3. The Morgan fingerprint density at radius 3 is 2.63 bits per heavy atom. The van der Waals surface area contributed by atoms with Gasteiger partial charge in [-0.3, -0.25) is 4.79 Å². The number of carbonyl (C=O) groups excluding carboxylic acids is 1. The summed E-state index contributed by atoms with van der Waals surface area (Å²) in [5.74, 6) is -0.791. The number of phenolic OH excluding ortho intramolecular Hbond substituents is 2. The molecule has 1 aromatic carbocycles. The summed E-state index contributed by atoms with van der Waals surface area (Å²) in [5, 5.41) is 20.0. The smallest absolute Gasteiger partial charge is 0.258 e. The third-order valence-electron chi connectivity index (χ3n) is 3.60. The molecule has 0 bridgehead atoms. The highest BCUT2D eigenvalue weighted by Gasteiger charge is 2.28. The Morgan fingerprint density at radius 1 is 1.32 bits per heavy atom. The van der Waals surface area contributed by atoms with Gasteiger partial charge in [-0.1, -0.05) is 34.8 Å². The van der Waals surface area contributed by atoms with Gasteiger partial charge in [0.2, 0.25) is 0 Å². The monoisotopic (exact) mass is 327 g/mol. The second-order valence-electron chi connectivity index (χ2n) is 4.80. The first-order valence-corrected chi connectivity index (χ1v) is 7.65. The maximum atomic E-state index is 12.5. The van der Waals surface area contributed by atoms with Gasteiger partial charge < -0.3 is 15.1 Å². The van der Waals surface area contributed by atoms with Crippen molar-refractivity contribution < 1.29 is 15.0 Å². The Balaban J connectivity index is 2.25. The molecule has 4 nitrogen and oxygen atoms in total. The number of nitrogens with zero attached hydrogens (tertiary/aromatic N) is 1. The summed E-state index contributed by atoms with van der Waals surface area (Å²) in [6.07, 6.45) is 4.31. The molecule has 1 aromatic rings. The Morgan fingerprint density at radius 2 is 2.00 bits per heavy atom. The number of amides is 1. The quantitative estimate of drug-likeness (QED) is 0.660. The predicted molar refractivity (Wildman–Crippen MR) is 76.9 cm³/mol. The minimum Gasteiger partial charge on any atom is -0.504 e. The fraction of sp³-hybridized carbons (Fsp3) is 0.500. The molecule has 0 aromatic heterocycles. The molecule has 2 N–H and O–H groups in total. The van der Waals surface area contributed by atoms with Gasteiger partial charge in [0.1, 0.15) is 0 Å². The number of halogens is 1. The highest BCUT2D eigenvalue weighted by molar-refractivity contribution is 9.09. The minimum absolute atomic E-state index is 0.174. The van der Waals surface area contributed by atoms with Crippen molar-refractivity contribution >= 4 is 21.8 Å². The van der Waals surface area contributed by atoms with E-state index in [-0.39, 0.29) is 29.0 Å². The lowest BCUT2D eigenvalue weighted by atomic mass is 10.1. The van der Waals surface area contributed by atoms with E-state index < -0.39 is 0 Å². The van der Waals surface area contributed by atoms with Gasteiger partial charge in [0, 0.05) is 17.9 Å². The normalized spacial score (nSPS) is 15.6. The van der Waals surface area contributed by atoms with E-state index in [1.807, 2.05) is 0 Å². The number of hydrogen-bond acceptors (Lipinski definition) is 3. The summed E-state index contributed by atoms with van der Waals surface area (Å²) in [6.45, 7) is 0.610. The SMILES string of the molecule is O=C(c1cccc(O)c1O)N(CCBr)C1CCCC1. The molecule has 1 saturated carbocycles. The van der Waals surface area contributed by atoms with Gasteiger partial charge in [-0.25, -0.2) is 0 Å². The molecule has 0 saturated heterocycles. The van der Waals surface area contributed by atoms with Crippen LogP contribution < -0.4 is 0 Å². The van der Waals surface area contributed by atoms with Crippen LogP contribution >= 0.6 is 15.9 Å². The maximum absolute atomic E-state index is 12.5. The second-order valence-corrected chi connectivity index (χ2v) is 5.59. The van der Waals surface area contributed by atoms with E-state index in [2.05, 4.69) is 15.9 Å². The molecule has 0 heterocycles. The van der Waals surface area contributed by atoms with E-state index in [9.17, 15) is 15.0 Å². The van der Waals surface area contributed by atoms with Gasteiger partial charge >= 0.3 is 0 Å². The predicted octanol–water partition coefficient (Wildman–Crippen LogP) is 2.88. The fourth-order valence-corrected chi connectivity index (χ4v) is 3.00. The largest absolute Gasteiger partial charge is 0.504 e. The summed E-state index contributed by atoms with van der Waals surface area (Å²) < 4.78 is 0. The summed E-state index contributed by atoms with van der Waals surface area (Å²) in [4.78, 5) is 14.3. The lowest BCUT2D eigenvalue weighted by Crippen LogP contribution is -2.40. The molecule has 0 atom stereocenters. The molecule has 0 unspecified atom stereocenters. The van der Waals surface area contributed by atoms with Crippen LogP contribution in [0, 0.1) is 0 Å². The third kappa shape index (κ3) is 3.03. The molecule has 0 radical (unpaired) electrons. The summed E-state index contributed by atoms with van der Waals surface area (Å²) in [6, 6.07) is 4.74. The molecule has 0 spiro atoms. The van der Waals surface area contributed by atoms with Crippen molar-refractivity contribution in [1.29, 1.82) is 0 Å². The van der Waals surface area contributed by atoms with E-state index in [1.54, 1.807) is 17.0 Å². The van der Waals surface area contributed by atoms with Gasteiger partial charge in [-0.15, -0.1) is 0 Å². The molecule has 1 fully saturated rings. The number of benzene rings is 1. The summed E-state index contributed by atoms with van der Waals surface area (Å²) in [7, 11) is 0. The topological polar surface area (TPSA) is 60.8 Å². The highest BCUT2D eigenvalue weighted by atomic mass is 79.9. The van der Waals surface area contributed by atoms with Crippen LogP contribution in [0.4, 0.5) is 0 Å². The molecule has 104 valence electrons. The lowest BCUT2D eigenvalue weighted by Gasteiger charge is -2.28. The van der Waals surface area contributed by atoms with Gasteiger partial charge in [-0.05, 0) is 25.0 Å². The van der Waals surface area contributed by atoms with Crippen LogP contribution in [0.15, 0.2) is 18.2 Å². The van der Waals surface area contributed by atoms with Crippen molar-refractivity contribution in [3.05, 3.63) is 23.8 Å². The van der Waals surface area contributed by atoms with Crippen LogP contribution in [0.5, 0.6) is 11.5 Å². The molecular weight excluding hydrogens is 310 g/mol. The molecule has 1 aliphatic carbocycles. The van der Waals surface area contributed by atoms with E-state index >= 15 is 0 Å². The third-order valence-corrected chi connectivity index (χ3v) is 3.95. The molecule has 5 heteroatoms. The van der Waals surface area contributed by atoms with Crippen LogP contribution in [-0.4, -0.2) is 38.9 Å². The van der Waals surface area contributed by atoms with Crippen molar-refractivity contribution in [2.75, 3.05) is 11.9 Å². The van der Waals surface area contributed by atoms with Crippen molar-refractivity contribution in [1.82, 2.24) is 4.90 Å². The Labute approximate surface area is 121 Å². The first kappa shape index (κ1) is 14.2. The molecule has 1 amide bonds. The molecule has 0 aliphatic heterocycles. The number of rotatable bonds is 4. The van der Waals surface area contributed by atoms with E-state index in [0.717, 1.165) is 25.7 Å². The summed E-state index contributed by atoms with van der Waals surface area (Å²) >= 11 is 3.37. The average Bonchev–Trinajstić information content (AvgIpc) is 2.92. The number of phenols is 2. The van der Waals surface area contributed by atoms with Crippen molar-refractivity contribution in [3.63, 3.8) is 0 Å². The van der Waals surface area contributed by atoms with Gasteiger partial charge in [0.05, 0.1) is 5.56 Å². The van der Waals surface area contributed by atoms with Crippen LogP contribution in [0.3, 0.4) is 0 Å². The van der Waals surface area contributed by atoms with Gasteiger partial charge in [-0.2, -0.15) is 0 Å². The van der Waals surface area contributed by atoms with Gasteiger partial charge in [0.15, 0.2) is 11.5 Å². The number of carbonyl (C=O) groups is 1. The van der Waals surface area contributed by atoms with Crippen molar-refractivity contribution in [2.24, 2.45) is 0 Å². The number of aromatic hydroxyl groups is 2. The van der Waals surface area contributed by atoms with Crippen molar-refractivity contribution in [2.45, 2.75) is 31.7 Å². The van der Waals surface area contributed by atoms with E-state index in [1.165, 1.54) is 6.07 Å². The molecular formula is C14H18BrNO3. The van der Waals surface area contributed by atoms with E-state index in [4.69, 9.17) is 0 Å². The standard InChI is InChI=1S/C14H18BrNO3/c15-8-9-16(10-4-1-2-5-10)14(19)11-6-3-7-12(17)13(11)18/h3,6-7,10,17-18H,1-2,4-5,8-9H2. The van der Waals surface area contributed by atoms with Crippen molar-refractivity contribution in [3.8, 4) is 11.5 Å². The minimum atomic E-state index is -0.329. The molecule has 2 rings (SSSR count). The zero-order chi connectivity index (χ0) is 13.8. The Hall–Kier alpha value is -1.23. The second kappa shape index (κ2) is 6.28. The Kier molecular flexibility index (Phi) is 4.69. The van der Waals surface area contributed by atoms with Crippen LogP contribution in [-0.2, 0) is 0 Å². The first-order chi connectivity index (χ1) is 9.15. The Bertz CT molecular complexity index is 458. The molecule has 1 aliphatic rings. The average molecular weight is 328 g/mol. The highest BCUT2D eigenvalue weighted by Crippen LogP contribution is 2.31. The lowest BCUT2D eigenvalue weighted by molar-refractivity contribution is 0.0692. The van der Waals surface area contributed by atoms with E-state index in [0.29, 0.717) is 11.9 Å². The summed E-state index contributed by atoms with van der Waals surface area (Å²) in [5.41, 5.74) is 0.174. The molecule has 19 heavy (non-hydrogen) atoms. The number of para-hydroxylation sites is 1. The first-order valence-electron chi connectivity index (χ1n) is 6.53. The maximum Gasteiger partial charge on any atom is 0.258 e. The van der Waals surface area contributed by atoms with Crippen LogP contribution in [0.2, 0.25) is 0 Å². The number of alkyl halides is 1.